The molecule has 1 unspecified atom stereocenters. The molecular formula is C16H18N8O. The monoisotopic (exact) mass is 338 g/mol. The van der Waals surface area contributed by atoms with Gasteiger partial charge in [-0.25, -0.2) is 4.68 Å². The van der Waals surface area contributed by atoms with Gasteiger partial charge in [-0.05, 0) is 35.0 Å². The van der Waals surface area contributed by atoms with E-state index >= 15 is 0 Å². The fourth-order valence-electron chi connectivity index (χ4n) is 3.10. The van der Waals surface area contributed by atoms with Gasteiger partial charge in [-0.2, -0.15) is 0 Å². The van der Waals surface area contributed by atoms with Crippen LogP contribution in [0.3, 0.4) is 0 Å². The number of fused-ring (bicyclic) bond motifs is 1. The van der Waals surface area contributed by atoms with Crippen LogP contribution >= 0.6 is 0 Å². The number of carbonyl (C=O) groups excluding carboxylic acids is 1. The first kappa shape index (κ1) is 15.4. The number of hydrogen-bond acceptors (Lipinski definition) is 6. The molecule has 1 amide bonds. The van der Waals surface area contributed by atoms with Gasteiger partial charge in [0, 0.05) is 31.0 Å². The molecule has 4 rings (SSSR count). The molecule has 2 aromatic heterocycles. The van der Waals surface area contributed by atoms with Crippen molar-refractivity contribution in [3.8, 4) is 5.69 Å². The average molecular weight is 338 g/mol. The summed E-state index contributed by atoms with van der Waals surface area (Å²) in [6.07, 6.45) is 4.02. The minimum Gasteiger partial charge on any atom is -0.347 e. The van der Waals surface area contributed by atoms with E-state index in [0.29, 0.717) is 12.1 Å². The number of aromatic nitrogens is 7. The topological polar surface area (TPSA) is 103 Å². The van der Waals surface area contributed by atoms with E-state index in [4.69, 9.17) is 0 Å². The Labute approximate surface area is 144 Å². The van der Waals surface area contributed by atoms with Crippen molar-refractivity contribution in [2.45, 2.75) is 38.8 Å². The zero-order valence-electron chi connectivity index (χ0n) is 13.8. The molecule has 9 nitrogen and oxygen atoms in total. The molecule has 1 atom stereocenters. The Morgan fingerprint density at radius 1 is 1.36 bits per heavy atom. The van der Waals surface area contributed by atoms with Gasteiger partial charge in [0.05, 0.1) is 5.69 Å². The molecule has 0 saturated heterocycles. The van der Waals surface area contributed by atoms with Crippen LogP contribution in [-0.2, 0) is 19.4 Å². The van der Waals surface area contributed by atoms with Gasteiger partial charge in [0.15, 0.2) is 0 Å². The minimum atomic E-state index is -0.102. The highest BCUT2D eigenvalue weighted by molar-refractivity contribution is 5.94. The molecule has 0 spiro atoms. The number of tetrazole rings is 1. The van der Waals surface area contributed by atoms with E-state index in [1.54, 1.807) is 12.1 Å². The van der Waals surface area contributed by atoms with Gasteiger partial charge in [0.1, 0.15) is 18.0 Å². The maximum atomic E-state index is 12.6. The molecule has 25 heavy (non-hydrogen) atoms. The van der Waals surface area contributed by atoms with Crippen LogP contribution in [0, 0.1) is 0 Å². The first-order valence-electron chi connectivity index (χ1n) is 8.30. The number of nitrogens with one attached hydrogen (secondary N) is 1. The second-order valence-electron chi connectivity index (χ2n) is 6.01. The fraction of sp³-hybridized carbons (Fsp3) is 0.375. The third kappa shape index (κ3) is 3.00. The number of benzene rings is 1. The Hall–Kier alpha value is -3.10. The summed E-state index contributed by atoms with van der Waals surface area (Å²) in [6.45, 7) is 2.77. The molecule has 9 heteroatoms. The molecule has 3 aromatic rings. The smallest absolute Gasteiger partial charge is 0.251 e. The molecule has 1 N–H and O–H groups in total. The van der Waals surface area contributed by atoms with E-state index in [-0.39, 0.29) is 11.9 Å². The van der Waals surface area contributed by atoms with E-state index in [1.807, 2.05) is 12.1 Å². The predicted molar refractivity (Wildman–Crippen MR) is 88.1 cm³/mol. The van der Waals surface area contributed by atoms with E-state index in [1.165, 1.54) is 11.0 Å². The molecule has 0 bridgehead atoms. The summed E-state index contributed by atoms with van der Waals surface area (Å²) in [5, 5.41) is 22.6. The van der Waals surface area contributed by atoms with Crippen LogP contribution in [0.15, 0.2) is 30.6 Å². The molecular weight excluding hydrogens is 320 g/mol. The number of nitrogens with zero attached hydrogens (tertiary/aromatic N) is 7. The van der Waals surface area contributed by atoms with Gasteiger partial charge in [0.2, 0.25) is 0 Å². The molecule has 3 heterocycles. The van der Waals surface area contributed by atoms with Crippen molar-refractivity contribution in [3.63, 3.8) is 0 Å². The quantitative estimate of drug-likeness (QED) is 0.745. The zero-order chi connectivity index (χ0) is 17.2. The van der Waals surface area contributed by atoms with Crippen LogP contribution in [0.5, 0.6) is 0 Å². The maximum Gasteiger partial charge on any atom is 0.251 e. The van der Waals surface area contributed by atoms with Gasteiger partial charge in [-0.15, -0.1) is 15.3 Å². The van der Waals surface area contributed by atoms with Crippen molar-refractivity contribution in [2.24, 2.45) is 0 Å². The van der Waals surface area contributed by atoms with Gasteiger partial charge in [-0.3, -0.25) is 4.79 Å². The third-order valence-electron chi connectivity index (χ3n) is 4.40. The lowest BCUT2D eigenvalue weighted by molar-refractivity contribution is 0.0927. The lowest BCUT2D eigenvalue weighted by atomic mass is 10.1. The maximum absolute atomic E-state index is 12.6. The van der Waals surface area contributed by atoms with Gasteiger partial charge >= 0.3 is 0 Å². The van der Waals surface area contributed by atoms with Crippen molar-refractivity contribution in [2.75, 3.05) is 0 Å². The summed E-state index contributed by atoms with van der Waals surface area (Å²) in [7, 11) is 0. The van der Waals surface area contributed by atoms with E-state index in [0.717, 1.165) is 36.6 Å². The third-order valence-corrected chi connectivity index (χ3v) is 4.40. The second kappa shape index (κ2) is 6.42. The van der Waals surface area contributed by atoms with Crippen molar-refractivity contribution in [1.82, 2.24) is 40.3 Å². The Kier molecular flexibility index (Phi) is 3.96. The first-order chi connectivity index (χ1) is 12.2. The Morgan fingerprint density at radius 3 is 3.08 bits per heavy atom. The van der Waals surface area contributed by atoms with Crippen LogP contribution in [0.1, 0.15) is 35.4 Å². The van der Waals surface area contributed by atoms with Crippen LogP contribution in [-0.4, -0.2) is 46.9 Å². The summed E-state index contributed by atoms with van der Waals surface area (Å²) in [4.78, 5) is 12.6. The normalized spacial score (nSPS) is 16.4. The first-order valence-corrected chi connectivity index (χ1v) is 8.30. The number of rotatable bonds is 4. The Balaban J connectivity index is 1.49. The SMILES string of the molecule is CCc1nnc2n1CC(NC(=O)c1cccc(-n3cnnn3)c1)CC2. The molecule has 0 fully saturated rings. The van der Waals surface area contributed by atoms with E-state index in [9.17, 15) is 4.79 Å². The number of aryl methyl sites for hydroxylation is 2. The number of carbonyl (C=O) groups is 1. The highest BCUT2D eigenvalue weighted by Gasteiger charge is 2.23. The summed E-state index contributed by atoms with van der Waals surface area (Å²) < 4.78 is 3.64. The van der Waals surface area contributed by atoms with Crippen LogP contribution < -0.4 is 5.32 Å². The predicted octanol–water partition coefficient (Wildman–Crippen LogP) is 0.561. The minimum absolute atomic E-state index is 0.0676. The number of amides is 1. The summed E-state index contributed by atoms with van der Waals surface area (Å²) in [5.41, 5.74) is 1.33. The van der Waals surface area contributed by atoms with Crippen molar-refractivity contribution >= 4 is 5.91 Å². The van der Waals surface area contributed by atoms with Crippen LogP contribution in [0.25, 0.3) is 5.69 Å². The molecule has 0 radical (unpaired) electrons. The molecule has 0 aliphatic carbocycles. The largest absolute Gasteiger partial charge is 0.347 e. The summed E-state index contributed by atoms with van der Waals surface area (Å²) >= 11 is 0. The molecule has 1 aliphatic heterocycles. The highest BCUT2D eigenvalue weighted by Crippen LogP contribution is 2.16. The highest BCUT2D eigenvalue weighted by atomic mass is 16.1. The lowest BCUT2D eigenvalue weighted by Crippen LogP contribution is -2.41. The van der Waals surface area contributed by atoms with E-state index < -0.39 is 0 Å². The molecule has 0 saturated carbocycles. The molecule has 1 aliphatic rings. The Bertz CT molecular complexity index is 872. The zero-order valence-corrected chi connectivity index (χ0v) is 13.8. The Morgan fingerprint density at radius 2 is 2.28 bits per heavy atom. The lowest BCUT2D eigenvalue weighted by Gasteiger charge is -2.25. The second-order valence-corrected chi connectivity index (χ2v) is 6.01. The van der Waals surface area contributed by atoms with Crippen LogP contribution in [0.2, 0.25) is 0 Å². The average Bonchev–Trinajstić information content (AvgIpc) is 3.31. The van der Waals surface area contributed by atoms with E-state index in [2.05, 4.69) is 42.5 Å². The van der Waals surface area contributed by atoms with Crippen molar-refractivity contribution in [3.05, 3.63) is 47.8 Å². The van der Waals surface area contributed by atoms with Gasteiger partial charge < -0.3 is 9.88 Å². The molecule has 1 aromatic carbocycles. The molecule has 128 valence electrons. The number of hydrogen-bond donors (Lipinski definition) is 1. The van der Waals surface area contributed by atoms with Gasteiger partial charge in [0.25, 0.3) is 5.91 Å². The van der Waals surface area contributed by atoms with Crippen molar-refractivity contribution in [1.29, 1.82) is 0 Å². The summed E-state index contributed by atoms with van der Waals surface area (Å²) in [5.74, 6) is 1.87. The van der Waals surface area contributed by atoms with Crippen molar-refractivity contribution < 1.29 is 4.79 Å². The summed E-state index contributed by atoms with van der Waals surface area (Å²) in [6, 6.07) is 7.30. The van der Waals surface area contributed by atoms with Crippen LogP contribution in [0.4, 0.5) is 0 Å². The standard InChI is InChI=1S/C16H18N8O/c1-2-14-19-20-15-7-6-12(9-23(14)15)18-16(25)11-4-3-5-13(8-11)24-10-17-21-22-24/h3-5,8,10,12H,2,6-7,9H2,1H3,(H,18,25). The van der Waals surface area contributed by atoms with Gasteiger partial charge in [-0.1, -0.05) is 13.0 Å². The fourth-order valence-corrected chi connectivity index (χ4v) is 3.10.